The Morgan fingerprint density at radius 2 is 1.46 bits per heavy atom. The van der Waals surface area contributed by atoms with Crippen molar-refractivity contribution >= 4 is 15.1 Å². The fourth-order valence-corrected chi connectivity index (χ4v) is 4.51. The predicted octanol–water partition coefficient (Wildman–Crippen LogP) is 7.77. The standard InChI is InChI=1S/C22H43B2/c1-3-5-13-20(18-19-23)14-12-17-21(4-2)24-22-15-10-8-6-7-9-11-16-22/h20-22H,3-19H2,1-2H3. The van der Waals surface area contributed by atoms with Crippen LogP contribution < -0.4 is 0 Å². The molecule has 0 heterocycles. The highest BCUT2D eigenvalue weighted by Gasteiger charge is 2.18. The van der Waals surface area contributed by atoms with Crippen LogP contribution in [-0.2, 0) is 0 Å². The van der Waals surface area contributed by atoms with E-state index in [0.29, 0.717) is 0 Å². The molecule has 2 atom stereocenters. The minimum atomic E-state index is 0.862. The van der Waals surface area contributed by atoms with E-state index in [-0.39, 0.29) is 0 Å². The first-order valence-electron chi connectivity index (χ1n) is 11.3. The number of hydrogen-bond acceptors (Lipinski definition) is 0. The molecule has 1 aliphatic carbocycles. The van der Waals surface area contributed by atoms with Gasteiger partial charge in [-0.1, -0.05) is 135 Å². The second-order valence-electron chi connectivity index (χ2n) is 8.34. The molecule has 1 aliphatic rings. The van der Waals surface area contributed by atoms with E-state index in [1.807, 2.05) is 0 Å². The van der Waals surface area contributed by atoms with Crippen molar-refractivity contribution in [2.45, 2.75) is 135 Å². The Balaban J connectivity index is 2.28. The van der Waals surface area contributed by atoms with E-state index in [2.05, 4.69) is 21.1 Å². The van der Waals surface area contributed by atoms with Crippen molar-refractivity contribution in [1.82, 2.24) is 0 Å². The molecule has 137 valence electrons. The van der Waals surface area contributed by atoms with Crippen molar-refractivity contribution < 1.29 is 0 Å². The largest absolute Gasteiger partial charge is 0.117 e. The lowest BCUT2D eigenvalue weighted by molar-refractivity contribution is 0.401. The molecule has 2 unspecified atom stereocenters. The average Bonchev–Trinajstić information content (AvgIpc) is 2.72. The molecule has 0 aromatic rings. The van der Waals surface area contributed by atoms with E-state index in [4.69, 9.17) is 7.85 Å². The van der Waals surface area contributed by atoms with Gasteiger partial charge >= 0.3 is 0 Å². The van der Waals surface area contributed by atoms with Crippen LogP contribution in [0.5, 0.6) is 0 Å². The van der Waals surface area contributed by atoms with Crippen molar-refractivity contribution in [2.24, 2.45) is 5.92 Å². The summed E-state index contributed by atoms with van der Waals surface area (Å²) in [5.74, 6) is 2.66. The quantitative estimate of drug-likeness (QED) is 0.321. The first-order valence-corrected chi connectivity index (χ1v) is 11.3. The van der Waals surface area contributed by atoms with Gasteiger partial charge in [0.15, 0.2) is 0 Å². The minimum absolute atomic E-state index is 0.862. The zero-order chi connectivity index (χ0) is 17.5. The van der Waals surface area contributed by atoms with Gasteiger partial charge in [0.2, 0.25) is 0 Å². The SMILES string of the molecule is [B]CCC(CCCC)CCCC([B]C1CCCCCCCC1)CC. The Hall–Kier alpha value is 0.130. The van der Waals surface area contributed by atoms with Gasteiger partial charge in [-0.15, -0.1) is 0 Å². The van der Waals surface area contributed by atoms with Gasteiger partial charge in [0.25, 0.3) is 0 Å². The van der Waals surface area contributed by atoms with Gasteiger partial charge in [-0.05, 0) is 5.92 Å². The van der Waals surface area contributed by atoms with Crippen LogP contribution in [-0.4, -0.2) is 15.1 Å². The van der Waals surface area contributed by atoms with Crippen LogP contribution in [0.25, 0.3) is 0 Å². The Morgan fingerprint density at radius 1 is 0.833 bits per heavy atom. The van der Waals surface area contributed by atoms with Crippen LogP contribution >= 0.6 is 0 Å². The summed E-state index contributed by atoms with van der Waals surface area (Å²) in [6, 6.07) is 0. The maximum Gasteiger partial charge on any atom is 0.117 e. The molecule has 2 heteroatoms. The highest BCUT2D eigenvalue weighted by Crippen LogP contribution is 2.32. The highest BCUT2D eigenvalue weighted by molar-refractivity contribution is 6.39. The molecule has 0 bridgehead atoms. The summed E-state index contributed by atoms with van der Waals surface area (Å²) in [4.78, 5) is 0. The Kier molecular flexibility index (Phi) is 14.2. The van der Waals surface area contributed by atoms with E-state index < -0.39 is 0 Å². The Bertz CT molecular complexity index is 257. The fourth-order valence-electron chi connectivity index (χ4n) is 4.51. The summed E-state index contributed by atoms with van der Waals surface area (Å²) >= 11 is 0. The average molecular weight is 329 g/mol. The third kappa shape index (κ3) is 10.9. The smallest absolute Gasteiger partial charge is 0.0884 e. The van der Waals surface area contributed by atoms with Gasteiger partial charge in [0.05, 0.1) is 7.85 Å². The summed E-state index contributed by atoms with van der Waals surface area (Å²) in [6.45, 7) is 4.70. The van der Waals surface area contributed by atoms with Crippen molar-refractivity contribution in [1.29, 1.82) is 0 Å². The van der Waals surface area contributed by atoms with Gasteiger partial charge in [-0.3, -0.25) is 0 Å². The fraction of sp³-hybridized carbons (Fsp3) is 1.00. The lowest BCUT2D eigenvalue weighted by Crippen LogP contribution is -2.12. The van der Waals surface area contributed by atoms with E-state index in [1.165, 1.54) is 103 Å². The van der Waals surface area contributed by atoms with Crippen LogP contribution in [0.3, 0.4) is 0 Å². The summed E-state index contributed by atoms with van der Waals surface area (Å²) < 4.78 is 0. The van der Waals surface area contributed by atoms with Crippen molar-refractivity contribution in [3.05, 3.63) is 0 Å². The number of hydrogen-bond donors (Lipinski definition) is 0. The molecule has 0 aromatic heterocycles. The lowest BCUT2D eigenvalue weighted by atomic mass is 9.50. The summed E-state index contributed by atoms with van der Waals surface area (Å²) in [6.07, 6.45) is 23.6. The minimum Gasteiger partial charge on any atom is -0.0884 e. The molecule has 0 N–H and O–H groups in total. The van der Waals surface area contributed by atoms with E-state index in [1.54, 1.807) is 0 Å². The van der Waals surface area contributed by atoms with E-state index in [0.717, 1.165) is 23.9 Å². The number of rotatable bonds is 12. The maximum absolute atomic E-state index is 5.82. The molecule has 1 rings (SSSR count). The normalized spacial score (nSPS) is 19.9. The monoisotopic (exact) mass is 329 g/mol. The molecule has 0 spiro atoms. The summed E-state index contributed by atoms with van der Waals surface area (Å²) in [5, 5.41) is 0. The molecule has 0 saturated heterocycles. The van der Waals surface area contributed by atoms with Crippen LogP contribution in [0.15, 0.2) is 0 Å². The van der Waals surface area contributed by atoms with E-state index >= 15 is 0 Å². The van der Waals surface area contributed by atoms with Gasteiger partial charge < -0.3 is 0 Å². The molecular formula is C22H43B2. The number of unbranched alkanes of at least 4 members (excludes halogenated alkanes) is 1. The van der Waals surface area contributed by atoms with Gasteiger partial charge in [-0.25, -0.2) is 0 Å². The second-order valence-corrected chi connectivity index (χ2v) is 8.34. The maximum atomic E-state index is 5.82. The molecule has 24 heavy (non-hydrogen) atoms. The second kappa shape index (κ2) is 15.4. The first kappa shape index (κ1) is 22.2. The molecule has 1 saturated carbocycles. The van der Waals surface area contributed by atoms with Gasteiger partial charge in [0.1, 0.15) is 7.28 Å². The third-order valence-corrected chi connectivity index (χ3v) is 6.20. The Morgan fingerprint density at radius 3 is 2.04 bits per heavy atom. The zero-order valence-electron chi connectivity index (χ0n) is 16.9. The highest BCUT2D eigenvalue weighted by atomic mass is 14.1. The molecule has 0 aromatic carbocycles. The van der Waals surface area contributed by atoms with Gasteiger partial charge in [0, 0.05) is 0 Å². The van der Waals surface area contributed by atoms with Crippen molar-refractivity contribution in [3.8, 4) is 0 Å². The Labute approximate surface area is 156 Å². The molecule has 0 nitrogen and oxygen atoms in total. The first-order chi connectivity index (χ1) is 11.8. The molecule has 0 aliphatic heterocycles. The van der Waals surface area contributed by atoms with Crippen molar-refractivity contribution in [3.63, 3.8) is 0 Å². The lowest BCUT2D eigenvalue weighted by Gasteiger charge is -2.22. The molecule has 0 amide bonds. The summed E-state index contributed by atoms with van der Waals surface area (Å²) in [7, 11) is 8.59. The molecular weight excluding hydrogens is 286 g/mol. The third-order valence-electron chi connectivity index (χ3n) is 6.20. The molecule has 3 radical (unpaired) electrons. The molecule has 1 fully saturated rings. The summed E-state index contributed by atoms with van der Waals surface area (Å²) in [5.41, 5.74) is 0. The van der Waals surface area contributed by atoms with Gasteiger partial charge in [-0.2, -0.15) is 0 Å². The van der Waals surface area contributed by atoms with Crippen LogP contribution in [0.2, 0.25) is 18.0 Å². The van der Waals surface area contributed by atoms with Crippen LogP contribution in [0.4, 0.5) is 0 Å². The van der Waals surface area contributed by atoms with E-state index in [9.17, 15) is 0 Å². The van der Waals surface area contributed by atoms with Crippen LogP contribution in [0, 0.1) is 5.92 Å². The van der Waals surface area contributed by atoms with Crippen molar-refractivity contribution in [2.75, 3.05) is 0 Å². The predicted molar refractivity (Wildman–Crippen MR) is 113 cm³/mol. The van der Waals surface area contributed by atoms with Crippen LogP contribution in [0.1, 0.15) is 117 Å². The zero-order valence-corrected chi connectivity index (χ0v) is 16.9. The topological polar surface area (TPSA) is 0 Å².